The number of hydrogen-bond acceptors (Lipinski definition) is 6. The van der Waals surface area contributed by atoms with E-state index in [9.17, 15) is 13.2 Å². The third-order valence-electron chi connectivity index (χ3n) is 4.65. The molecule has 3 rings (SSSR count). The highest BCUT2D eigenvalue weighted by molar-refractivity contribution is 7.89. The quantitative estimate of drug-likeness (QED) is 0.779. The molecule has 1 aliphatic heterocycles. The SMILES string of the molecule is CC(C)(C)NS(=O)(=O)c1ccc(C(=O)N2CCN(Cc3ccc(C#N)cc3)CC2)o1. The molecule has 1 fully saturated rings. The number of nitrogens with one attached hydrogen (secondary N) is 1. The van der Waals surface area contributed by atoms with Crippen LogP contribution in [0.2, 0.25) is 0 Å². The second-order valence-corrected chi connectivity index (χ2v) is 9.96. The molecule has 1 aliphatic rings. The summed E-state index contributed by atoms with van der Waals surface area (Å²) in [5, 5.41) is 8.61. The first-order chi connectivity index (χ1) is 14.1. The number of carbonyl (C=O) groups is 1. The van der Waals surface area contributed by atoms with Gasteiger partial charge in [-0.15, -0.1) is 0 Å². The highest BCUT2D eigenvalue weighted by atomic mass is 32.2. The Morgan fingerprint density at radius 1 is 1.10 bits per heavy atom. The van der Waals surface area contributed by atoms with E-state index in [0.29, 0.717) is 31.7 Å². The molecule has 1 saturated heterocycles. The van der Waals surface area contributed by atoms with Gasteiger partial charge in [-0.25, -0.2) is 13.1 Å². The standard InChI is InChI=1S/C21H26N4O4S/c1-21(2,3)23-30(27,28)19-9-8-18(29-19)20(26)25-12-10-24(11-13-25)15-17-6-4-16(14-22)5-7-17/h4-9,23H,10-13,15H2,1-3H3. The maximum Gasteiger partial charge on any atom is 0.289 e. The van der Waals surface area contributed by atoms with Crippen molar-refractivity contribution >= 4 is 15.9 Å². The fourth-order valence-corrected chi connectivity index (χ4v) is 4.59. The van der Waals surface area contributed by atoms with Crippen LogP contribution in [0.15, 0.2) is 45.9 Å². The minimum Gasteiger partial charge on any atom is -0.438 e. The van der Waals surface area contributed by atoms with E-state index in [1.54, 1.807) is 37.8 Å². The smallest absolute Gasteiger partial charge is 0.289 e. The van der Waals surface area contributed by atoms with E-state index in [-0.39, 0.29) is 16.8 Å². The molecule has 0 unspecified atom stereocenters. The van der Waals surface area contributed by atoms with Crippen LogP contribution >= 0.6 is 0 Å². The van der Waals surface area contributed by atoms with Crippen LogP contribution in [0.3, 0.4) is 0 Å². The lowest BCUT2D eigenvalue weighted by Gasteiger charge is -2.34. The van der Waals surface area contributed by atoms with E-state index >= 15 is 0 Å². The summed E-state index contributed by atoms with van der Waals surface area (Å²) >= 11 is 0. The summed E-state index contributed by atoms with van der Waals surface area (Å²) in [5.74, 6) is -0.296. The van der Waals surface area contributed by atoms with Gasteiger partial charge in [0.25, 0.3) is 15.9 Å². The normalized spacial score (nSPS) is 15.7. The van der Waals surface area contributed by atoms with Crippen molar-refractivity contribution in [3.05, 3.63) is 53.3 Å². The number of hydrogen-bond donors (Lipinski definition) is 1. The van der Waals surface area contributed by atoms with Gasteiger partial charge in [0.2, 0.25) is 5.09 Å². The fourth-order valence-electron chi connectivity index (χ4n) is 3.24. The average Bonchev–Trinajstić information content (AvgIpc) is 3.18. The number of furan rings is 1. The van der Waals surface area contributed by atoms with Crippen molar-refractivity contribution in [2.75, 3.05) is 26.2 Å². The molecular weight excluding hydrogens is 404 g/mol. The molecule has 0 aliphatic carbocycles. The summed E-state index contributed by atoms with van der Waals surface area (Å²) < 4.78 is 32.6. The van der Waals surface area contributed by atoms with Crippen LogP contribution in [0.25, 0.3) is 0 Å². The molecule has 160 valence electrons. The minimum atomic E-state index is -3.83. The van der Waals surface area contributed by atoms with Crippen molar-refractivity contribution in [1.82, 2.24) is 14.5 Å². The van der Waals surface area contributed by atoms with Crippen molar-refractivity contribution in [1.29, 1.82) is 5.26 Å². The topological polar surface area (TPSA) is 107 Å². The zero-order chi connectivity index (χ0) is 21.9. The number of carbonyl (C=O) groups excluding carboxylic acids is 1. The van der Waals surface area contributed by atoms with Gasteiger partial charge in [0.15, 0.2) is 5.76 Å². The summed E-state index contributed by atoms with van der Waals surface area (Å²) in [6.07, 6.45) is 0. The summed E-state index contributed by atoms with van der Waals surface area (Å²) in [5.41, 5.74) is 1.09. The molecule has 2 aromatic rings. The Labute approximate surface area is 177 Å². The Morgan fingerprint density at radius 2 is 1.73 bits per heavy atom. The Morgan fingerprint density at radius 3 is 2.30 bits per heavy atom. The Bertz CT molecular complexity index is 1040. The van der Waals surface area contributed by atoms with Crippen molar-refractivity contribution in [3.8, 4) is 6.07 Å². The van der Waals surface area contributed by atoms with Gasteiger partial charge in [0.05, 0.1) is 11.6 Å². The van der Waals surface area contributed by atoms with Gasteiger partial charge in [0, 0.05) is 38.3 Å². The van der Waals surface area contributed by atoms with Gasteiger partial charge >= 0.3 is 0 Å². The van der Waals surface area contributed by atoms with Crippen LogP contribution in [0.4, 0.5) is 0 Å². The molecule has 0 spiro atoms. The van der Waals surface area contributed by atoms with E-state index in [2.05, 4.69) is 15.7 Å². The predicted molar refractivity (Wildman–Crippen MR) is 111 cm³/mol. The van der Waals surface area contributed by atoms with Gasteiger partial charge in [-0.3, -0.25) is 9.69 Å². The number of rotatable bonds is 5. The molecule has 1 aromatic heterocycles. The molecule has 2 heterocycles. The zero-order valence-electron chi connectivity index (χ0n) is 17.4. The van der Waals surface area contributed by atoms with Gasteiger partial charge < -0.3 is 9.32 Å². The summed E-state index contributed by atoms with van der Waals surface area (Å²) in [6, 6.07) is 12.3. The molecular formula is C21H26N4O4S. The van der Waals surface area contributed by atoms with Gasteiger partial charge in [-0.2, -0.15) is 5.26 Å². The third-order valence-corrected chi connectivity index (χ3v) is 6.28. The third kappa shape index (κ3) is 5.48. The van der Waals surface area contributed by atoms with E-state index in [0.717, 1.165) is 12.1 Å². The van der Waals surface area contributed by atoms with Crippen LogP contribution in [-0.2, 0) is 16.6 Å². The molecule has 9 heteroatoms. The van der Waals surface area contributed by atoms with Crippen LogP contribution in [0, 0.1) is 11.3 Å². The van der Waals surface area contributed by atoms with E-state index < -0.39 is 15.6 Å². The largest absolute Gasteiger partial charge is 0.438 e. The van der Waals surface area contributed by atoms with E-state index in [1.807, 2.05) is 12.1 Å². The molecule has 1 amide bonds. The first-order valence-corrected chi connectivity index (χ1v) is 11.2. The number of sulfonamides is 1. The number of nitrogens with zero attached hydrogens (tertiary/aromatic N) is 3. The van der Waals surface area contributed by atoms with Crippen LogP contribution in [-0.4, -0.2) is 55.8 Å². The molecule has 0 radical (unpaired) electrons. The second-order valence-electron chi connectivity index (χ2n) is 8.35. The van der Waals surface area contributed by atoms with Crippen molar-refractivity contribution in [2.24, 2.45) is 0 Å². The molecule has 0 atom stereocenters. The molecule has 1 N–H and O–H groups in total. The van der Waals surface area contributed by atoms with E-state index in [1.165, 1.54) is 12.1 Å². The fraction of sp³-hybridized carbons (Fsp3) is 0.429. The van der Waals surface area contributed by atoms with Crippen LogP contribution in [0.5, 0.6) is 0 Å². The monoisotopic (exact) mass is 430 g/mol. The van der Waals surface area contributed by atoms with Gasteiger partial charge in [0.1, 0.15) is 0 Å². The molecule has 30 heavy (non-hydrogen) atoms. The highest BCUT2D eigenvalue weighted by Crippen LogP contribution is 2.19. The first kappa shape index (κ1) is 22.0. The van der Waals surface area contributed by atoms with Crippen molar-refractivity contribution in [3.63, 3.8) is 0 Å². The Kier molecular flexibility index (Phi) is 6.31. The van der Waals surface area contributed by atoms with Crippen molar-refractivity contribution < 1.29 is 17.6 Å². The van der Waals surface area contributed by atoms with Gasteiger partial charge in [-0.1, -0.05) is 12.1 Å². The van der Waals surface area contributed by atoms with Crippen LogP contribution < -0.4 is 4.72 Å². The first-order valence-electron chi connectivity index (χ1n) is 9.72. The molecule has 8 nitrogen and oxygen atoms in total. The lowest BCUT2D eigenvalue weighted by atomic mass is 10.1. The Balaban J connectivity index is 1.58. The lowest BCUT2D eigenvalue weighted by molar-refractivity contribution is 0.0592. The molecule has 0 saturated carbocycles. The highest BCUT2D eigenvalue weighted by Gasteiger charge is 2.28. The average molecular weight is 431 g/mol. The second kappa shape index (κ2) is 8.60. The summed E-state index contributed by atoms with van der Waals surface area (Å²) in [6.45, 7) is 8.39. The number of nitriles is 1. The maximum atomic E-state index is 12.7. The maximum absolute atomic E-state index is 12.7. The van der Waals surface area contributed by atoms with E-state index in [4.69, 9.17) is 9.68 Å². The Hall–Kier alpha value is -2.67. The molecule has 0 bridgehead atoms. The minimum absolute atomic E-state index is 0.0184. The number of amides is 1. The van der Waals surface area contributed by atoms with Crippen molar-refractivity contribution in [2.45, 2.75) is 37.9 Å². The predicted octanol–water partition coefficient (Wildman–Crippen LogP) is 2.19. The summed E-state index contributed by atoms with van der Waals surface area (Å²) in [4.78, 5) is 16.6. The number of piperazine rings is 1. The zero-order valence-corrected chi connectivity index (χ0v) is 18.2. The van der Waals surface area contributed by atoms with Gasteiger partial charge in [-0.05, 0) is 50.6 Å². The van der Waals surface area contributed by atoms with Crippen LogP contribution in [0.1, 0.15) is 42.5 Å². The number of benzene rings is 1. The summed E-state index contributed by atoms with van der Waals surface area (Å²) in [7, 11) is -3.83. The molecule has 1 aromatic carbocycles. The lowest BCUT2D eigenvalue weighted by Crippen LogP contribution is -2.48.